The fourth-order valence-electron chi connectivity index (χ4n) is 3.21. The molecule has 1 aliphatic heterocycles. The Morgan fingerprint density at radius 3 is 2.37 bits per heavy atom. The van der Waals surface area contributed by atoms with Crippen molar-refractivity contribution < 1.29 is 34.2 Å². The lowest BCUT2D eigenvalue weighted by molar-refractivity contribution is -0.144. The van der Waals surface area contributed by atoms with Gasteiger partial charge < -0.3 is 37.2 Å². The fourth-order valence-corrected chi connectivity index (χ4v) is 3.21. The van der Waals surface area contributed by atoms with Gasteiger partial charge in [-0.3, -0.25) is 19.2 Å². The van der Waals surface area contributed by atoms with Crippen molar-refractivity contribution in [2.75, 3.05) is 13.1 Å². The molecule has 170 valence electrons. The van der Waals surface area contributed by atoms with Crippen molar-refractivity contribution >= 4 is 29.7 Å². The summed E-state index contributed by atoms with van der Waals surface area (Å²) in [4.78, 5) is 60.5. The molecule has 30 heavy (non-hydrogen) atoms. The van der Waals surface area contributed by atoms with Gasteiger partial charge in [0.15, 0.2) is 0 Å². The molecule has 12 nitrogen and oxygen atoms in total. The van der Waals surface area contributed by atoms with Gasteiger partial charge in [-0.15, -0.1) is 0 Å². The number of carboxylic acids is 2. The van der Waals surface area contributed by atoms with Crippen molar-refractivity contribution in [3.05, 3.63) is 0 Å². The van der Waals surface area contributed by atoms with Gasteiger partial charge in [0.2, 0.25) is 17.7 Å². The molecule has 1 aliphatic rings. The Morgan fingerprint density at radius 1 is 1.13 bits per heavy atom. The van der Waals surface area contributed by atoms with Crippen LogP contribution in [0.2, 0.25) is 0 Å². The van der Waals surface area contributed by atoms with E-state index in [0.29, 0.717) is 32.2 Å². The number of hydrogen-bond donors (Lipinski definition) is 6. The van der Waals surface area contributed by atoms with Crippen LogP contribution in [0.15, 0.2) is 0 Å². The number of aliphatic carboxylic acids is 2. The summed E-state index contributed by atoms with van der Waals surface area (Å²) in [5.74, 6) is -4.29. The van der Waals surface area contributed by atoms with E-state index in [9.17, 15) is 29.1 Å². The first-order valence-corrected chi connectivity index (χ1v) is 9.90. The molecule has 1 saturated heterocycles. The molecule has 0 aromatic heterocycles. The first kappa shape index (κ1) is 25.3. The number of hydrogen-bond acceptors (Lipinski definition) is 7. The van der Waals surface area contributed by atoms with E-state index in [1.165, 1.54) is 11.8 Å². The smallest absolute Gasteiger partial charge is 0.326 e. The molecule has 8 N–H and O–H groups in total. The molecular formula is C18H31N5O7. The topological polar surface area (TPSA) is 205 Å². The zero-order chi connectivity index (χ0) is 22.8. The largest absolute Gasteiger partial charge is 0.481 e. The van der Waals surface area contributed by atoms with Gasteiger partial charge in [0.05, 0.1) is 12.5 Å². The summed E-state index contributed by atoms with van der Waals surface area (Å²) in [5.41, 5.74) is 11.0. The van der Waals surface area contributed by atoms with Crippen LogP contribution in [0.5, 0.6) is 0 Å². The van der Waals surface area contributed by atoms with Crippen LogP contribution in [0.4, 0.5) is 0 Å². The van der Waals surface area contributed by atoms with E-state index in [0.717, 1.165) is 0 Å². The monoisotopic (exact) mass is 429 g/mol. The van der Waals surface area contributed by atoms with E-state index in [1.54, 1.807) is 0 Å². The van der Waals surface area contributed by atoms with Crippen molar-refractivity contribution in [2.45, 2.75) is 69.6 Å². The van der Waals surface area contributed by atoms with Gasteiger partial charge >= 0.3 is 11.9 Å². The predicted molar refractivity (Wildman–Crippen MR) is 105 cm³/mol. The minimum absolute atomic E-state index is 0.214. The number of amides is 3. The number of carbonyl (C=O) groups is 5. The molecule has 0 bridgehead atoms. The summed E-state index contributed by atoms with van der Waals surface area (Å²) < 4.78 is 0. The lowest BCUT2D eigenvalue weighted by Gasteiger charge is -2.27. The van der Waals surface area contributed by atoms with Crippen molar-refractivity contribution in [1.29, 1.82) is 0 Å². The standard InChI is InChI=1S/C18H31N5O7/c1-10(15(26)22-12(18(29)30)5-2-3-7-19)21-16(27)13-6-4-8-23(13)17(28)11(20)9-14(24)25/h10-13H,2-9,19-20H2,1H3,(H,21,27)(H,22,26)(H,24,25)(H,29,30). The van der Waals surface area contributed by atoms with E-state index in [-0.39, 0.29) is 13.0 Å². The van der Waals surface area contributed by atoms with Crippen LogP contribution >= 0.6 is 0 Å². The Bertz CT molecular complexity index is 657. The average Bonchev–Trinajstić information content (AvgIpc) is 3.15. The van der Waals surface area contributed by atoms with Crippen molar-refractivity contribution in [1.82, 2.24) is 15.5 Å². The predicted octanol–water partition coefficient (Wildman–Crippen LogP) is -2.02. The first-order valence-electron chi connectivity index (χ1n) is 9.90. The normalized spacial score (nSPS) is 18.9. The molecule has 1 rings (SSSR count). The second-order valence-corrected chi connectivity index (χ2v) is 7.31. The summed E-state index contributed by atoms with van der Waals surface area (Å²) >= 11 is 0. The molecule has 0 aromatic rings. The summed E-state index contributed by atoms with van der Waals surface area (Å²) in [6.45, 7) is 2.08. The number of nitrogens with one attached hydrogen (secondary N) is 2. The minimum Gasteiger partial charge on any atom is -0.481 e. The van der Waals surface area contributed by atoms with E-state index in [4.69, 9.17) is 16.6 Å². The molecule has 3 amide bonds. The number of carboxylic acid groups (broad SMARTS) is 2. The maximum Gasteiger partial charge on any atom is 0.326 e. The summed E-state index contributed by atoms with van der Waals surface area (Å²) in [6.07, 6.45) is 1.70. The zero-order valence-electron chi connectivity index (χ0n) is 17.0. The summed E-state index contributed by atoms with van der Waals surface area (Å²) in [5, 5.41) is 22.9. The average molecular weight is 429 g/mol. The number of unbranched alkanes of at least 4 members (excludes halogenated alkanes) is 1. The van der Waals surface area contributed by atoms with Crippen LogP contribution in [-0.2, 0) is 24.0 Å². The van der Waals surface area contributed by atoms with Gasteiger partial charge in [-0.05, 0) is 45.6 Å². The van der Waals surface area contributed by atoms with E-state index in [2.05, 4.69) is 10.6 Å². The molecule has 1 fully saturated rings. The van der Waals surface area contributed by atoms with Crippen molar-refractivity contribution in [3.8, 4) is 0 Å². The number of nitrogens with zero attached hydrogens (tertiary/aromatic N) is 1. The maximum absolute atomic E-state index is 12.6. The van der Waals surface area contributed by atoms with Gasteiger partial charge in [-0.2, -0.15) is 0 Å². The van der Waals surface area contributed by atoms with Crippen LogP contribution in [0.1, 0.15) is 45.4 Å². The number of nitrogens with two attached hydrogens (primary N) is 2. The minimum atomic E-state index is -1.26. The van der Waals surface area contributed by atoms with E-state index >= 15 is 0 Å². The van der Waals surface area contributed by atoms with Crippen LogP contribution in [0, 0.1) is 0 Å². The Labute approximate surface area is 174 Å². The molecule has 4 unspecified atom stereocenters. The zero-order valence-corrected chi connectivity index (χ0v) is 17.0. The fraction of sp³-hybridized carbons (Fsp3) is 0.722. The van der Waals surface area contributed by atoms with Gasteiger partial charge in [-0.25, -0.2) is 4.79 Å². The molecule has 0 saturated carbocycles. The van der Waals surface area contributed by atoms with Crippen LogP contribution in [0.25, 0.3) is 0 Å². The quantitative estimate of drug-likeness (QED) is 0.189. The summed E-state index contributed by atoms with van der Waals surface area (Å²) in [6, 6.07) is -4.25. The molecule has 4 atom stereocenters. The van der Waals surface area contributed by atoms with E-state index < -0.39 is 60.2 Å². The van der Waals surface area contributed by atoms with Crippen molar-refractivity contribution in [3.63, 3.8) is 0 Å². The Hall–Kier alpha value is -2.73. The lowest BCUT2D eigenvalue weighted by atomic mass is 10.1. The van der Waals surface area contributed by atoms with E-state index in [1.807, 2.05) is 0 Å². The molecule has 0 aromatic carbocycles. The molecule has 0 spiro atoms. The lowest BCUT2D eigenvalue weighted by Crippen LogP contribution is -2.56. The second kappa shape index (κ2) is 12.1. The highest BCUT2D eigenvalue weighted by molar-refractivity contribution is 5.94. The Kier molecular flexibility index (Phi) is 10.2. The molecule has 0 aliphatic carbocycles. The Morgan fingerprint density at radius 2 is 1.80 bits per heavy atom. The molecule has 12 heteroatoms. The highest BCUT2D eigenvalue weighted by Crippen LogP contribution is 2.19. The van der Waals surface area contributed by atoms with Gasteiger partial charge in [0.25, 0.3) is 0 Å². The summed E-state index contributed by atoms with van der Waals surface area (Å²) in [7, 11) is 0. The third-order valence-corrected chi connectivity index (χ3v) is 4.86. The van der Waals surface area contributed by atoms with Gasteiger partial charge in [-0.1, -0.05) is 0 Å². The third-order valence-electron chi connectivity index (χ3n) is 4.86. The van der Waals surface area contributed by atoms with Crippen LogP contribution in [-0.4, -0.2) is 82.0 Å². The van der Waals surface area contributed by atoms with Gasteiger partial charge in [0.1, 0.15) is 18.1 Å². The molecular weight excluding hydrogens is 398 g/mol. The third kappa shape index (κ3) is 7.59. The Balaban J connectivity index is 2.66. The maximum atomic E-state index is 12.6. The van der Waals surface area contributed by atoms with Crippen molar-refractivity contribution in [2.24, 2.45) is 11.5 Å². The number of rotatable bonds is 12. The van der Waals surface area contributed by atoms with Crippen LogP contribution in [0.3, 0.4) is 0 Å². The highest BCUT2D eigenvalue weighted by Gasteiger charge is 2.37. The SMILES string of the molecule is CC(NC(=O)C1CCCN1C(=O)C(N)CC(=O)O)C(=O)NC(CCCCN)C(=O)O. The molecule has 0 radical (unpaired) electrons. The number of carbonyl (C=O) groups excluding carboxylic acids is 3. The van der Waals surface area contributed by atoms with Gasteiger partial charge in [0, 0.05) is 6.54 Å². The first-order chi connectivity index (χ1) is 14.1. The molecule has 1 heterocycles. The highest BCUT2D eigenvalue weighted by atomic mass is 16.4. The second-order valence-electron chi connectivity index (χ2n) is 7.31. The number of likely N-dealkylation sites (tertiary alicyclic amines) is 1. The van der Waals surface area contributed by atoms with Crippen LogP contribution < -0.4 is 22.1 Å².